The summed E-state index contributed by atoms with van der Waals surface area (Å²) in [4.78, 5) is 59.4. The Labute approximate surface area is 279 Å². The molecule has 3 radical (unpaired) electrons. The van der Waals surface area contributed by atoms with Crippen LogP contribution >= 0.6 is 0 Å². The number of hydrogen-bond acceptors (Lipinski definition) is 7. The number of rotatable bonds is 13. The lowest BCUT2D eigenvalue weighted by Gasteiger charge is -2.25. The van der Waals surface area contributed by atoms with Crippen molar-refractivity contribution in [3.8, 4) is 0 Å². The molecule has 0 aliphatic rings. The SMILES string of the molecule is C.CC(=O)CC(CC(=O)O)c1cccc2ccccc12.CCOC(=O)C(C(=O)OCC)C(CC(C)=O)c1cccc2ccccc12.[B]. The third-order valence-corrected chi connectivity index (χ3v) is 7.43. The highest BCUT2D eigenvalue weighted by atomic mass is 16.6. The third kappa shape index (κ3) is 11.2. The molecule has 2 unspecified atom stereocenters. The molecular formula is C38H44BO8. The number of ketones is 2. The predicted molar refractivity (Wildman–Crippen MR) is 185 cm³/mol. The fourth-order valence-electron chi connectivity index (χ4n) is 5.64. The number of aliphatic carboxylic acids is 1. The first-order chi connectivity index (χ1) is 21.6. The number of esters is 2. The molecule has 4 aromatic carbocycles. The summed E-state index contributed by atoms with van der Waals surface area (Å²) in [5, 5.41) is 13.0. The minimum Gasteiger partial charge on any atom is -0.481 e. The highest BCUT2D eigenvalue weighted by Crippen LogP contribution is 2.35. The van der Waals surface area contributed by atoms with Gasteiger partial charge < -0.3 is 24.2 Å². The summed E-state index contributed by atoms with van der Waals surface area (Å²) in [6, 6.07) is 27.0. The van der Waals surface area contributed by atoms with E-state index >= 15 is 0 Å². The van der Waals surface area contributed by atoms with Gasteiger partial charge in [-0.2, -0.15) is 0 Å². The van der Waals surface area contributed by atoms with Crippen LogP contribution in [0.5, 0.6) is 0 Å². The Morgan fingerprint density at radius 2 is 1.04 bits per heavy atom. The molecule has 0 aliphatic carbocycles. The lowest BCUT2D eigenvalue weighted by atomic mass is 9.80. The van der Waals surface area contributed by atoms with E-state index in [9.17, 15) is 24.0 Å². The first-order valence-electron chi connectivity index (χ1n) is 15.1. The number of carbonyl (C=O) groups excluding carboxylic acids is 4. The molecule has 0 saturated heterocycles. The fourth-order valence-corrected chi connectivity index (χ4v) is 5.64. The van der Waals surface area contributed by atoms with Crippen molar-refractivity contribution in [3.63, 3.8) is 0 Å². The second-order valence-corrected chi connectivity index (χ2v) is 10.8. The first kappa shape index (κ1) is 40.2. The average molecular weight is 640 g/mol. The fraction of sp³-hybridized carbons (Fsp3) is 0.342. The number of carboxylic acid groups (broad SMARTS) is 1. The third-order valence-electron chi connectivity index (χ3n) is 7.43. The highest BCUT2D eigenvalue weighted by Gasteiger charge is 2.39. The van der Waals surface area contributed by atoms with Gasteiger partial charge in [0.05, 0.1) is 19.6 Å². The van der Waals surface area contributed by atoms with Gasteiger partial charge in [-0.05, 0) is 60.4 Å². The molecule has 0 aromatic heterocycles. The van der Waals surface area contributed by atoms with E-state index in [1.807, 2.05) is 84.9 Å². The Bertz CT molecular complexity index is 1620. The van der Waals surface area contributed by atoms with Crippen LogP contribution < -0.4 is 0 Å². The lowest BCUT2D eigenvalue weighted by Crippen LogP contribution is -2.34. The Kier molecular flexibility index (Phi) is 16.8. The van der Waals surface area contributed by atoms with Crippen molar-refractivity contribution < 1.29 is 38.6 Å². The Morgan fingerprint density at radius 3 is 1.49 bits per heavy atom. The Hall–Kier alpha value is -4.79. The summed E-state index contributed by atoms with van der Waals surface area (Å²) in [5.74, 6) is -4.38. The summed E-state index contributed by atoms with van der Waals surface area (Å²) in [5.41, 5.74) is 1.71. The van der Waals surface area contributed by atoms with Crippen LogP contribution in [0, 0.1) is 5.92 Å². The normalized spacial score (nSPS) is 11.6. The molecule has 0 fully saturated rings. The maximum absolute atomic E-state index is 12.6. The van der Waals surface area contributed by atoms with Gasteiger partial charge >= 0.3 is 17.9 Å². The van der Waals surface area contributed by atoms with Crippen molar-refractivity contribution >= 4 is 59.4 Å². The molecule has 4 rings (SSSR count). The van der Waals surface area contributed by atoms with Gasteiger partial charge in [-0.15, -0.1) is 0 Å². The summed E-state index contributed by atoms with van der Waals surface area (Å²) >= 11 is 0. The number of carbonyl (C=O) groups is 5. The second kappa shape index (κ2) is 19.7. The van der Waals surface area contributed by atoms with Crippen LogP contribution in [0.4, 0.5) is 0 Å². The summed E-state index contributed by atoms with van der Waals surface area (Å²) in [7, 11) is 0. The van der Waals surface area contributed by atoms with E-state index in [4.69, 9.17) is 14.6 Å². The molecule has 0 aliphatic heterocycles. The molecule has 0 saturated carbocycles. The minimum atomic E-state index is -1.18. The maximum atomic E-state index is 12.6. The van der Waals surface area contributed by atoms with Crippen LogP contribution in [-0.2, 0) is 33.4 Å². The molecule has 2 atom stereocenters. The van der Waals surface area contributed by atoms with Crippen molar-refractivity contribution in [2.45, 2.75) is 66.2 Å². The number of hydrogen-bond donors (Lipinski definition) is 1. The highest BCUT2D eigenvalue weighted by molar-refractivity contribution is 5.98. The van der Waals surface area contributed by atoms with E-state index in [0.29, 0.717) is 0 Å². The number of ether oxygens (including phenoxy) is 2. The van der Waals surface area contributed by atoms with Gasteiger partial charge in [0.25, 0.3) is 0 Å². The van der Waals surface area contributed by atoms with Crippen molar-refractivity contribution in [1.29, 1.82) is 0 Å². The van der Waals surface area contributed by atoms with Crippen LogP contribution in [0.25, 0.3) is 21.5 Å². The van der Waals surface area contributed by atoms with E-state index in [1.165, 1.54) is 13.8 Å². The molecule has 1 N–H and O–H groups in total. The average Bonchev–Trinajstić information content (AvgIpc) is 3.00. The molecule has 9 heteroatoms. The van der Waals surface area contributed by atoms with Gasteiger partial charge in [0.15, 0.2) is 5.92 Å². The zero-order valence-electron chi connectivity index (χ0n) is 26.7. The maximum Gasteiger partial charge on any atom is 0.320 e. The van der Waals surface area contributed by atoms with Gasteiger partial charge in [0.1, 0.15) is 11.6 Å². The van der Waals surface area contributed by atoms with Gasteiger partial charge in [0.2, 0.25) is 0 Å². The predicted octanol–water partition coefficient (Wildman–Crippen LogP) is 7.28. The van der Waals surface area contributed by atoms with Crippen molar-refractivity contribution in [1.82, 2.24) is 0 Å². The number of fused-ring (bicyclic) bond motifs is 2. The molecule has 247 valence electrons. The largest absolute Gasteiger partial charge is 0.481 e. The molecule has 47 heavy (non-hydrogen) atoms. The molecule has 0 bridgehead atoms. The minimum absolute atomic E-state index is 0. The Morgan fingerprint density at radius 1 is 0.617 bits per heavy atom. The van der Waals surface area contributed by atoms with Crippen molar-refractivity contribution in [2.24, 2.45) is 5.92 Å². The van der Waals surface area contributed by atoms with Crippen LogP contribution in [0.3, 0.4) is 0 Å². The van der Waals surface area contributed by atoms with Gasteiger partial charge in [0, 0.05) is 33.1 Å². The van der Waals surface area contributed by atoms with Crippen LogP contribution in [-0.4, -0.2) is 56.2 Å². The molecule has 0 heterocycles. The summed E-state index contributed by atoms with van der Waals surface area (Å²) < 4.78 is 10.2. The van der Waals surface area contributed by atoms with Crippen LogP contribution in [0.15, 0.2) is 84.9 Å². The molecular weight excluding hydrogens is 595 g/mol. The quantitative estimate of drug-likeness (QED) is 0.0920. The first-order valence-corrected chi connectivity index (χ1v) is 15.1. The van der Waals surface area contributed by atoms with Crippen molar-refractivity contribution in [3.05, 3.63) is 96.1 Å². The molecule has 4 aromatic rings. The van der Waals surface area contributed by atoms with E-state index < -0.39 is 29.7 Å². The van der Waals surface area contributed by atoms with E-state index in [2.05, 4.69) is 0 Å². The second-order valence-electron chi connectivity index (χ2n) is 10.8. The number of Topliss-reactive ketones (excluding diaryl/α,β-unsaturated/α-hetero) is 2. The number of benzene rings is 4. The standard InChI is InChI=1S/C21H24O5.C16H16O3.CH4.B/c1-4-25-20(23)19(21(24)26-5-2)18(13-14(3)22)17-12-8-10-15-9-6-7-11-16(15)17;1-11(17)9-13(10-16(18)19)15-8-4-6-12-5-2-3-7-14(12)15;;/h6-12,18-19H,4-5,13H2,1-3H3;2-8,13H,9-10H2,1H3,(H,18,19);1H4;. The number of carboxylic acids is 1. The summed E-state index contributed by atoms with van der Waals surface area (Å²) in [6.45, 7) is 6.61. The van der Waals surface area contributed by atoms with E-state index in [0.717, 1.165) is 32.7 Å². The Balaban J connectivity index is 0.000000470. The topological polar surface area (TPSA) is 124 Å². The monoisotopic (exact) mass is 639 g/mol. The van der Waals surface area contributed by atoms with Crippen LogP contribution in [0.2, 0.25) is 0 Å². The van der Waals surface area contributed by atoms with Crippen molar-refractivity contribution in [2.75, 3.05) is 13.2 Å². The lowest BCUT2D eigenvalue weighted by molar-refractivity contribution is -0.163. The van der Waals surface area contributed by atoms with E-state index in [1.54, 1.807) is 13.8 Å². The van der Waals surface area contributed by atoms with Gasteiger partial charge in [-0.3, -0.25) is 14.4 Å². The zero-order valence-corrected chi connectivity index (χ0v) is 26.7. The van der Waals surface area contributed by atoms with E-state index in [-0.39, 0.29) is 65.8 Å². The smallest absolute Gasteiger partial charge is 0.320 e. The van der Waals surface area contributed by atoms with Crippen LogP contribution in [0.1, 0.15) is 77.3 Å². The summed E-state index contributed by atoms with van der Waals surface area (Å²) in [6.07, 6.45) is 0.296. The zero-order chi connectivity index (χ0) is 32.9. The molecule has 0 amide bonds. The van der Waals surface area contributed by atoms with Gasteiger partial charge in [-0.25, -0.2) is 0 Å². The molecule has 8 nitrogen and oxygen atoms in total. The molecule has 0 spiro atoms. The van der Waals surface area contributed by atoms with Gasteiger partial charge in [-0.1, -0.05) is 92.4 Å².